The second-order valence-electron chi connectivity index (χ2n) is 10.8. The molecule has 2 atom stereocenters. The molecule has 1 saturated heterocycles. The maximum Gasteiger partial charge on any atom is 0.337 e. The Hall–Kier alpha value is -2.68. The average Bonchev–Trinajstić information content (AvgIpc) is 3.34. The maximum absolute atomic E-state index is 13.1. The molecule has 39 heavy (non-hydrogen) atoms. The van der Waals surface area contributed by atoms with Crippen LogP contribution >= 0.6 is 35.1 Å². The number of hydrogen-bond donors (Lipinski definition) is 1. The van der Waals surface area contributed by atoms with E-state index in [9.17, 15) is 14.4 Å². The highest BCUT2D eigenvalue weighted by atomic mass is 35.5. The molecule has 0 aliphatic carbocycles. The van der Waals surface area contributed by atoms with E-state index in [-0.39, 0.29) is 22.5 Å². The van der Waals surface area contributed by atoms with Crippen molar-refractivity contribution in [3.63, 3.8) is 0 Å². The average molecular weight is 585 g/mol. The number of aliphatic carboxylic acids is 1. The fraction of sp³-hybridized carbons (Fsp3) is 0.367. The summed E-state index contributed by atoms with van der Waals surface area (Å²) in [5.74, 6) is 0.239. The van der Waals surface area contributed by atoms with Crippen molar-refractivity contribution >= 4 is 69.4 Å². The van der Waals surface area contributed by atoms with Crippen molar-refractivity contribution in [3.8, 4) is 0 Å². The van der Waals surface area contributed by atoms with Gasteiger partial charge in [-0.25, -0.2) is 4.79 Å². The Labute approximate surface area is 243 Å². The first-order valence-electron chi connectivity index (χ1n) is 12.8. The monoisotopic (exact) mass is 584 g/mol. The van der Waals surface area contributed by atoms with Gasteiger partial charge in [-0.3, -0.25) is 9.59 Å². The van der Waals surface area contributed by atoms with Crippen LogP contribution in [0, 0.1) is 5.41 Å². The van der Waals surface area contributed by atoms with Crippen molar-refractivity contribution in [2.45, 2.75) is 38.3 Å². The molecule has 2 aliphatic heterocycles. The topological polar surface area (TPSA) is 77.9 Å². The van der Waals surface area contributed by atoms with Crippen molar-refractivity contribution in [2.75, 3.05) is 29.5 Å². The highest BCUT2D eigenvalue weighted by Crippen LogP contribution is 2.46. The number of carbonyl (C=O) groups excluding carboxylic acids is 2. The van der Waals surface area contributed by atoms with Gasteiger partial charge in [0, 0.05) is 36.5 Å². The van der Waals surface area contributed by atoms with Gasteiger partial charge >= 0.3 is 5.97 Å². The van der Waals surface area contributed by atoms with Gasteiger partial charge in [0.1, 0.15) is 0 Å². The summed E-state index contributed by atoms with van der Waals surface area (Å²) < 4.78 is 0. The Morgan fingerprint density at radius 3 is 2.41 bits per heavy atom. The Morgan fingerprint density at radius 1 is 1.03 bits per heavy atom. The van der Waals surface area contributed by atoms with Crippen LogP contribution in [0.25, 0.3) is 10.8 Å². The number of carbonyl (C=O) groups is 3. The molecule has 0 bridgehead atoms. The first-order valence-corrected chi connectivity index (χ1v) is 15.2. The number of carboxylic acids is 1. The van der Waals surface area contributed by atoms with E-state index in [1.165, 1.54) is 39.9 Å². The summed E-state index contributed by atoms with van der Waals surface area (Å²) in [5, 5.41) is 11.2. The number of nitrogens with zero attached hydrogens (tertiary/aromatic N) is 2. The van der Waals surface area contributed by atoms with Crippen molar-refractivity contribution in [2.24, 2.45) is 5.41 Å². The molecule has 1 N–H and O–H groups in total. The molecule has 6 nitrogen and oxygen atoms in total. The van der Waals surface area contributed by atoms with Gasteiger partial charge in [0.05, 0.1) is 11.0 Å². The van der Waals surface area contributed by atoms with E-state index in [1.54, 1.807) is 11.8 Å². The van der Waals surface area contributed by atoms with Crippen LogP contribution < -0.4 is 4.90 Å². The predicted octanol–water partition coefficient (Wildman–Crippen LogP) is 6.70. The van der Waals surface area contributed by atoms with Crippen LogP contribution in [0.15, 0.2) is 60.7 Å². The van der Waals surface area contributed by atoms with E-state index >= 15 is 0 Å². The number of anilines is 1. The van der Waals surface area contributed by atoms with Crippen molar-refractivity contribution < 1.29 is 19.5 Å². The Bertz CT molecular complexity index is 1370. The second kappa shape index (κ2) is 12.2. The fourth-order valence-corrected chi connectivity index (χ4v) is 7.32. The number of rotatable bonds is 3. The lowest BCUT2D eigenvalue weighted by Crippen LogP contribution is -2.38. The molecule has 206 valence electrons. The third kappa shape index (κ3) is 6.91. The van der Waals surface area contributed by atoms with Crippen LogP contribution in [0.5, 0.6) is 0 Å². The van der Waals surface area contributed by atoms with Crippen molar-refractivity contribution in [1.29, 1.82) is 0 Å². The molecule has 2 heterocycles. The van der Waals surface area contributed by atoms with Crippen molar-refractivity contribution in [1.82, 2.24) is 4.90 Å². The van der Waals surface area contributed by atoms with Crippen LogP contribution in [0.3, 0.4) is 0 Å². The summed E-state index contributed by atoms with van der Waals surface area (Å²) in [7, 11) is 0. The summed E-state index contributed by atoms with van der Waals surface area (Å²) in [4.78, 5) is 37.7. The molecule has 0 aromatic heterocycles. The predicted molar refractivity (Wildman–Crippen MR) is 163 cm³/mol. The number of fused-ring (bicyclic) bond motifs is 2. The lowest BCUT2D eigenvalue weighted by Gasteiger charge is -2.30. The molecule has 0 saturated carbocycles. The molecule has 1 fully saturated rings. The number of hydrogen-bond acceptors (Lipinski definition) is 5. The largest absolute Gasteiger partial charge is 0.479 e. The highest BCUT2D eigenvalue weighted by molar-refractivity contribution is 8.00. The van der Waals surface area contributed by atoms with E-state index in [0.29, 0.717) is 23.9 Å². The third-order valence-electron chi connectivity index (χ3n) is 6.48. The zero-order valence-electron chi connectivity index (χ0n) is 22.5. The zero-order chi connectivity index (χ0) is 28.3. The molecule has 0 spiro atoms. The SMILES string of the molecule is CC(=O)N1CCS[C@@H]1C(=O)O.CC(C)(C)CN1C(=O)CSC(c2cccc3ccccc23)c2cc(Cl)ccc21. The van der Waals surface area contributed by atoms with Gasteiger partial charge in [0.2, 0.25) is 11.8 Å². The quantitative estimate of drug-likeness (QED) is 0.369. The van der Waals surface area contributed by atoms with Gasteiger partial charge < -0.3 is 14.9 Å². The van der Waals surface area contributed by atoms with E-state index in [2.05, 4.69) is 63.2 Å². The van der Waals surface area contributed by atoms with Gasteiger partial charge in [0.25, 0.3) is 0 Å². The highest BCUT2D eigenvalue weighted by Gasteiger charge is 2.33. The number of thioether (sulfide) groups is 2. The summed E-state index contributed by atoms with van der Waals surface area (Å²) in [6.07, 6.45) is 0. The lowest BCUT2D eigenvalue weighted by atomic mass is 9.93. The molecule has 3 aromatic rings. The smallest absolute Gasteiger partial charge is 0.337 e. The Kier molecular flexibility index (Phi) is 9.19. The number of halogens is 1. The summed E-state index contributed by atoms with van der Waals surface area (Å²) in [6, 6.07) is 20.8. The zero-order valence-corrected chi connectivity index (χ0v) is 24.9. The minimum Gasteiger partial charge on any atom is -0.479 e. The minimum atomic E-state index is -0.928. The number of amides is 2. The molecule has 2 amide bonds. The molecule has 9 heteroatoms. The second-order valence-corrected chi connectivity index (χ2v) is 13.5. The van der Waals surface area contributed by atoms with Crippen LogP contribution in [0.1, 0.15) is 44.1 Å². The molecule has 3 aromatic carbocycles. The van der Waals surface area contributed by atoms with Gasteiger partial charge in [-0.2, -0.15) is 0 Å². The molecule has 5 rings (SSSR count). The molecule has 2 aliphatic rings. The standard InChI is InChI=1S/C24H24ClNOS.C6H9NO3S/c1-24(2,3)15-26-21-12-11-17(25)13-20(21)23(28-14-22(26)27)19-10-6-8-16-7-4-5-9-18(16)19;1-4(8)7-2-3-11-5(7)6(9)10/h4-13,23H,14-15H2,1-3H3;5H,2-3H2,1H3,(H,9,10)/t;5-/m.1/s1. The van der Waals surface area contributed by atoms with Crippen LogP contribution in [-0.4, -0.2) is 57.8 Å². The summed E-state index contributed by atoms with van der Waals surface area (Å²) in [6.45, 7) is 9.12. The van der Waals surface area contributed by atoms with E-state index in [0.717, 1.165) is 17.0 Å². The summed E-state index contributed by atoms with van der Waals surface area (Å²) >= 11 is 9.39. The van der Waals surface area contributed by atoms with Gasteiger partial charge in [-0.1, -0.05) is 74.8 Å². The summed E-state index contributed by atoms with van der Waals surface area (Å²) in [5.41, 5.74) is 3.34. The Balaban J connectivity index is 0.000000270. The Morgan fingerprint density at radius 2 is 1.74 bits per heavy atom. The first kappa shape index (κ1) is 29.3. The third-order valence-corrected chi connectivity index (χ3v) is 9.16. The van der Waals surface area contributed by atoms with Crippen molar-refractivity contribution in [3.05, 3.63) is 76.8 Å². The van der Waals surface area contributed by atoms with Crippen LogP contribution in [0.4, 0.5) is 5.69 Å². The van der Waals surface area contributed by atoms with Crippen LogP contribution in [0.2, 0.25) is 5.02 Å². The molecule has 1 unspecified atom stereocenters. The van der Waals surface area contributed by atoms with E-state index < -0.39 is 11.3 Å². The van der Waals surface area contributed by atoms with Gasteiger partial charge in [-0.15, -0.1) is 23.5 Å². The minimum absolute atomic E-state index is 0.0104. The van der Waals surface area contributed by atoms with Gasteiger partial charge in [-0.05, 0) is 45.5 Å². The van der Waals surface area contributed by atoms with E-state index in [4.69, 9.17) is 16.7 Å². The van der Waals surface area contributed by atoms with Gasteiger partial charge in [0.15, 0.2) is 5.37 Å². The number of benzene rings is 3. The molecular formula is C30H33ClN2O4S2. The lowest BCUT2D eigenvalue weighted by molar-refractivity contribution is -0.144. The fourth-order valence-electron chi connectivity index (χ4n) is 4.82. The number of carboxylic acid groups (broad SMARTS) is 1. The van der Waals surface area contributed by atoms with E-state index in [1.807, 2.05) is 23.1 Å². The molecule has 0 radical (unpaired) electrons. The maximum atomic E-state index is 13.1. The molecular weight excluding hydrogens is 552 g/mol. The van der Waals surface area contributed by atoms with Crippen LogP contribution in [-0.2, 0) is 14.4 Å². The first-order chi connectivity index (χ1) is 18.5. The normalized spacial score (nSPS) is 19.3.